The second-order valence-corrected chi connectivity index (χ2v) is 8.59. The van der Waals surface area contributed by atoms with Crippen LogP contribution in [0, 0.1) is 0 Å². The lowest BCUT2D eigenvalue weighted by molar-refractivity contribution is -0.136. The molecule has 0 fully saturated rings. The van der Waals surface area contributed by atoms with Crippen LogP contribution in [0.3, 0.4) is 0 Å². The number of carbonyl (C=O) groups is 2. The minimum atomic E-state index is -0.930. The summed E-state index contributed by atoms with van der Waals surface area (Å²) in [6.45, 7) is 6.62. The predicted octanol–water partition coefficient (Wildman–Crippen LogP) is 4.28. The van der Waals surface area contributed by atoms with E-state index in [1.54, 1.807) is 16.9 Å². The van der Waals surface area contributed by atoms with Gasteiger partial charge in [-0.15, -0.1) is 0 Å². The molecular formula is C25H29N3O5. The first-order valence-corrected chi connectivity index (χ1v) is 10.7. The molecule has 0 radical (unpaired) electrons. The smallest absolute Gasteiger partial charge is 0.407 e. The van der Waals surface area contributed by atoms with Crippen LogP contribution in [0.2, 0.25) is 0 Å². The Morgan fingerprint density at radius 1 is 1.09 bits per heavy atom. The number of benzene rings is 2. The third-order valence-corrected chi connectivity index (χ3v) is 4.62. The standard InChI is InChI=1S/C25H29N3O5/c1-25(2,3)33-24(31)26-11-12-28-16-21(15-27-28)19-9-10-22(20(13-19)14-23(29)30)32-17-18-7-5-4-6-8-18/h4-10,13,15-16H,11-12,14,17H2,1-3H3,(H,26,31)(H,29,30). The van der Waals surface area contributed by atoms with E-state index >= 15 is 0 Å². The highest BCUT2D eigenvalue weighted by molar-refractivity contribution is 5.73. The van der Waals surface area contributed by atoms with Crippen LogP contribution in [-0.2, 0) is 29.1 Å². The summed E-state index contributed by atoms with van der Waals surface area (Å²) in [5.74, 6) is -0.389. The number of amides is 1. The first-order chi connectivity index (χ1) is 15.7. The van der Waals surface area contributed by atoms with E-state index in [2.05, 4.69) is 10.4 Å². The van der Waals surface area contributed by atoms with Crippen molar-refractivity contribution in [3.8, 4) is 16.9 Å². The molecule has 174 valence electrons. The van der Waals surface area contributed by atoms with Gasteiger partial charge in [-0.3, -0.25) is 9.48 Å². The highest BCUT2D eigenvalue weighted by Crippen LogP contribution is 2.28. The maximum atomic E-state index is 11.8. The van der Waals surface area contributed by atoms with Crippen molar-refractivity contribution in [1.29, 1.82) is 0 Å². The summed E-state index contributed by atoms with van der Waals surface area (Å²) in [5.41, 5.74) is 2.73. The Bertz CT molecular complexity index is 1090. The molecule has 0 atom stereocenters. The molecule has 8 heteroatoms. The molecule has 1 aromatic heterocycles. The molecule has 1 amide bonds. The molecule has 0 saturated carbocycles. The fraction of sp³-hybridized carbons (Fsp3) is 0.320. The number of hydrogen-bond donors (Lipinski definition) is 2. The van der Waals surface area contributed by atoms with Gasteiger partial charge in [0.1, 0.15) is 18.0 Å². The van der Waals surface area contributed by atoms with Crippen LogP contribution in [0.25, 0.3) is 11.1 Å². The van der Waals surface area contributed by atoms with Crippen LogP contribution in [0.1, 0.15) is 31.9 Å². The van der Waals surface area contributed by atoms with Gasteiger partial charge in [0.2, 0.25) is 0 Å². The molecule has 3 aromatic rings. The number of carboxylic acids is 1. The summed E-state index contributed by atoms with van der Waals surface area (Å²) in [4.78, 5) is 23.1. The topological polar surface area (TPSA) is 103 Å². The van der Waals surface area contributed by atoms with E-state index in [4.69, 9.17) is 9.47 Å². The first kappa shape index (κ1) is 23.8. The average molecular weight is 452 g/mol. The lowest BCUT2D eigenvalue weighted by Gasteiger charge is -2.19. The number of alkyl carbamates (subject to hydrolysis) is 1. The van der Waals surface area contributed by atoms with E-state index in [9.17, 15) is 14.7 Å². The van der Waals surface area contributed by atoms with E-state index < -0.39 is 17.7 Å². The summed E-state index contributed by atoms with van der Waals surface area (Å²) < 4.78 is 12.8. The van der Waals surface area contributed by atoms with Crippen molar-refractivity contribution in [3.63, 3.8) is 0 Å². The van der Waals surface area contributed by atoms with Gasteiger partial charge < -0.3 is 19.9 Å². The molecule has 0 unspecified atom stereocenters. The Morgan fingerprint density at radius 2 is 1.85 bits per heavy atom. The zero-order valence-electron chi connectivity index (χ0n) is 19.1. The number of carboxylic acid groups (broad SMARTS) is 1. The van der Waals surface area contributed by atoms with Crippen molar-refractivity contribution in [3.05, 3.63) is 72.1 Å². The number of ether oxygens (including phenoxy) is 2. The lowest BCUT2D eigenvalue weighted by atomic mass is 10.0. The molecule has 33 heavy (non-hydrogen) atoms. The fourth-order valence-electron chi connectivity index (χ4n) is 3.16. The molecule has 2 aromatic carbocycles. The third kappa shape index (κ3) is 7.68. The van der Waals surface area contributed by atoms with Crippen LogP contribution >= 0.6 is 0 Å². The van der Waals surface area contributed by atoms with Crippen molar-refractivity contribution in [2.45, 2.75) is 45.9 Å². The molecular weight excluding hydrogens is 422 g/mol. The third-order valence-electron chi connectivity index (χ3n) is 4.62. The molecule has 8 nitrogen and oxygen atoms in total. The molecule has 0 saturated heterocycles. The highest BCUT2D eigenvalue weighted by atomic mass is 16.6. The Labute approximate surface area is 193 Å². The number of rotatable bonds is 9. The van der Waals surface area contributed by atoms with E-state index in [0.29, 0.717) is 31.0 Å². The van der Waals surface area contributed by atoms with Gasteiger partial charge in [0.25, 0.3) is 0 Å². The van der Waals surface area contributed by atoms with Gasteiger partial charge in [0, 0.05) is 23.9 Å². The van der Waals surface area contributed by atoms with Crippen molar-refractivity contribution in [2.24, 2.45) is 0 Å². The van der Waals surface area contributed by atoms with Crippen molar-refractivity contribution in [1.82, 2.24) is 15.1 Å². The second-order valence-electron chi connectivity index (χ2n) is 8.59. The molecule has 1 heterocycles. The number of aliphatic carboxylic acids is 1. The molecule has 0 aliphatic heterocycles. The van der Waals surface area contributed by atoms with E-state index in [1.165, 1.54) is 0 Å². The molecule has 0 spiro atoms. The predicted molar refractivity (Wildman–Crippen MR) is 124 cm³/mol. The fourth-order valence-corrected chi connectivity index (χ4v) is 3.16. The van der Waals surface area contributed by atoms with Gasteiger partial charge in [-0.05, 0) is 44.0 Å². The van der Waals surface area contributed by atoms with Crippen LogP contribution < -0.4 is 10.1 Å². The Balaban J connectivity index is 1.65. The lowest BCUT2D eigenvalue weighted by Crippen LogP contribution is -2.34. The summed E-state index contributed by atoms with van der Waals surface area (Å²) in [7, 11) is 0. The van der Waals surface area contributed by atoms with Crippen molar-refractivity contribution >= 4 is 12.1 Å². The Kier molecular flexibility index (Phi) is 7.71. The molecule has 0 aliphatic rings. The van der Waals surface area contributed by atoms with Gasteiger partial charge in [0.15, 0.2) is 0 Å². The van der Waals surface area contributed by atoms with Crippen molar-refractivity contribution < 1.29 is 24.2 Å². The number of nitrogens with zero attached hydrogens (tertiary/aromatic N) is 2. The molecule has 3 rings (SSSR count). The molecule has 0 bridgehead atoms. The average Bonchev–Trinajstić information content (AvgIpc) is 3.21. The zero-order chi connectivity index (χ0) is 23.8. The van der Waals surface area contributed by atoms with Gasteiger partial charge in [-0.25, -0.2) is 4.79 Å². The minimum absolute atomic E-state index is 0.147. The summed E-state index contributed by atoms with van der Waals surface area (Å²) in [6, 6.07) is 15.2. The molecule has 2 N–H and O–H groups in total. The quantitative estimate of drug-likeness (QED) is 0.503. The second kappa shape index (κ2) is 10.7. The summed E-state index contributed by atoms with van der Waals surface area (Å²) in [5, 5.41) is 16.4. The van der Waals surface area contributed by atoms with Gasteiger partial charge in [-0.2, -0.15) is 5.10 Å². The highest BCUT2D eigenvalue weighted by Gasteiger charge is 2.16. The van der Waals surface area contributed by atoms with Gasteiger partial charge in [-0.1, -0.05) is 36.4 Å². The number of nitrogens with one attached hydrogen (secondary N) is 1. The zero-order valence-corrected chi connectivity index (χ0v) is 19.1. The van der Waals surface area contributed by atoms with E-state index in [1.807, 2.05) is 69.4 Å². The molecule has 0 aliphatic carbocycles. The van der Waals surface area contributed by atoms with Crippen LogP contribution in [-0.4, -0.2) is 39.1 Å². The number of aromatic nitrogens is 2. The number of hydrogen-bond acceptors (Lipinski definition) is 5. The Hall–Kier alpha value is -3.81. The van der Waals surface area contributed by atoms with Crippen molar-refractivity contribution in [2.75, 3.05) is 6.54 Å². The van der Waals surface area contributed by atoms with Crippen LogP contribution in [0.15, 0.2) is 60.9 Å². The van der Waals surface area contributed by atoms with Crippen LogP contribution in [0.4, 0.5) is 4.79 Å². The monoisotopic (exact) mass is 451 g/mol. The van der Waals surface area contributed by atoms with Crippen LogP contribution in [0.5, 0.6) is 5.75 Å². The largest absolute Gasteiger partial charge is 0.489 e. The van der Waals surface area contributed by atoms with Gasteiger partial charge in [0.05, 0.1) is 19.2 Å². The minimum Gasteiger partial charge on any atom is -0.489 e. The maximum Gasteiger partial charge on any atom is 0.407 e. The summed E-state index contributed by atoms with van der Waals surface area (Å²) >= 11 is 0. The maximum absolute atomic E-state index is 11.8. The van der Waals surface area contributed by atoms with E-state index in [-0.39, 0.29) is 6.42 Å². The van der Waals surface area contributed by atoms with E-state index in [0.717, 1.165) is 16.7 Å². The first-order valence-electron chi connectivity index (χ1n) is 10.7. The number of carbonyl (C=O) groups excluding carboxylic acids is 1. The normalized spacial score (nSPS) is 11.1. The summed E-state index contributed by atoms with van der Waals surface area (Å²) in [6.07, 6.45) is 2.93. The SMILES string of the molecule is CC(C)(C)OC(=O)NCCn1cc(-c2ccc(OCc3ccccc3)c(CC(=O)O)c2)cn1. The van der Waals surface area contributed by atoms with Gasteiger partial charge >= 0.3 is 12.1 Å². The Morgan fingerprint density at radius 3 is 2.55 bits per heavy atom.